The molecule has 1 aromatic rings. The zero-order valence-corrected chi connectivity index (χ0v) is 9.68. The molecule has 1 aromatic carbocycles. The number of rotatable bonds is 5. The Balaban J connectivity index is 2.57. The first-order valence-corrected chi connectivity index (χ1v) is 6.05. The minimum Gasteiger partial charge on any atom is -0.375 e. The van der Waals surface area contributed by atoms with Crippen LogP contribution in [0.3, 0.4) is 0 Å². The van der Waals surface area contributed by atoms with Crippen LogP contribution in [0, 0.1) is 0 Å². The largest absolute Gasteiger partial charge is 0.375 e. The summed E-state index contributed by atoms with van der Waals surface area (Å²) in [6.45, 7) is 1.78. The van der Waals surface area contributed by atoms with Gasteiger partial charge in [-0.2, -0.15) is 0 Å². The van der Waals surface area contributed by atoms with Crippen molar-refractivity contribution in [1.29, 1.82) is 0 Å². The highest BCUT2D eigenvalue weighted by Gasteiger charge is 1.99. The Morgan fingerprint density at radius 1 is 1.29 bits per heavy atom. The van der Waals surface area contributed by atoms with Crippen LogP contribution in [0.1, 0.15) is 6.42 Å². The third-order valence-electron chi connectivity index (χ3n) is 2.21. The van der Waals surface area contributed by atoms with E-state index in [-0.39, 0.29) is 0 Å². The van der Waals surface area contributed by atoms with Crippen molar-refractivity contribution in [1.82, 2.24) is 0 Å². The van der Waals surface area contributed by atoms with Crippen LogP contribution in [0.4, 0.5) is 5.69 Å². The normalized spacial score (nSPS) is 10.2. The second kappa shape index (κ2) is 5.94. The van der Waals surface area contributed by atoms with Crippen molar-refractivity contribution in [2.75, 3.05) is 31.3 Å². The molecule has 0 aliphatic carbocycles. The molecule has 0 atom stereocenters. The van der Waals surface area contributed by atoms with E-state index in [1.54, 1.807) is 11.8 Å². The number of thioether (sulfide) groups is 1. The molecule has 2 N–H and O–H groups in total. The van der Waals surface area contributed by atoms with Crippen molar-refractivity contribution in [3.63, 3.8) is 0 Å². The monoisotopic (exact) mass is 210 g/mol. The predicted octanol–water partition coefficient (Wildman–Crippen LogP) is 2.19. The molecular formula is C11H18N2S. The van der Waals surface area contributed by atoms with E-state index in [9.17, 15) is 0 Å². The minimum atomic E-state index is 0.757. The van der Waals surface area contributed by atoms with Gasteiger partial charge < -0.3 is 10.6 Å². The first-order chi connectivity index (χ1) is 6.77. The molecule has 0 aromatic heterocycles. The molecule has 3 heteroatoms. The zero-order chi connectivity index (χ0) is 10.4. The van der Waals surface area contributed by atoms with Gasteiger partial charge in [-0.05, 0) is 43.5 Å². The average molecular weight is 210 g/mol. The SMILES string of the molecule is CSc1ccc(N(C)CCCN)cc1. The zero-order valence-electron chi connectivity index (χ0n) is 8.86. The quantitative estimate of drug-likeness (QED) is 0.755. The smallest absolute Gasteiger partial charge is 0.0364 e. The molecular weight excluding hydrogens is 192 g/mol. The van der Waals surface area contributed by atoms with Gasteiger partial charge in [0.1, 0.15) is 0 Å². The Hall–Kier alpha value is -0.670. The van der Waals surface area contributed by atoms with Crippen molar-refractivity contribution >= 4 is 17.4 Å². The number of anilines is 1. The maximum atomic E-state index is 5.47. The Morgan fingerprint density at radius 3 is 2.43 bits per heavy atom. The summed E-state index contributed by atoms with van der Waals surface area (Å²) in [5, 5.41) is 0. The minimum absolute atomic E-state index is 0.757. The Bertz CT molecular complexity index is 258. The lowest BCUT2D eigenvalue weighted by molar-refractivity contribution is 0.795. The molecule has 0 spiro atoms. The molecule has 2 nitrogen and oxygen atoms in total. The van der Waals surface area contributed by atoms with E-state index in [0.717, 1.165) is 19.5 Å². The summed E-state index contributed by atoms with van der Waals surface area (Å²) >= 11 is 1.77. The predicted molar refractivity (Wildman–Crippen MR) is 65.2 cm³/mol. The van der Waals surface area contributed by atoms with Gasteiger partial charge in [0, 0.05) is 24.2 Å². The fourth-order valence-corrected chi connectivity index (χ4v) is 1.70. The van der Waals surface area contributed by atoms with Crippen LogP contribution in [0.5, 0.6) is 0 Å². The second-order valence-electron chi connectivity index (χ2n) is 3.26. The Kier molecular flexibility index (Phi) is 4.84. The van der Waals surface area contributed by atoms with Crippen LogP contribution in [-0.2, 0) is 0 Å². The summed E-state index contributed by atoms with van der Waals surface area (Å²) in [6.07, 6.45) is 3.13. The van der Waals surface area contributed by atoms with E-state index in [1.165, 1.54) is 10.6 Å². The van der Waals surface area contributed by atoms with Crippen molar-refractivity contribution in [2.24, 2.45) is 5.73 Å². The van der Waals surface area contributed by atoms with Crippen LogP contribution in [-0.4, -0.2) is 26.4 Å². The van der Waals surface area contributed by atoms with Crippen molar-refractivity contribution in [3.8, 4) is 0 Å². The third-order valence-corrected chi connectivity index (χ3v) is 2.95. The van der Waals surface area contributed by atoms with E-state index in [1.807, 2.05) is 0 Å². The molecule has 0 fully saturated rings. The van der Waals surface area contributed by atoms with Crippen LogP contribution in [0.25, 0.3) is 0 Å². The summed E-state index contributed by atoms with van der Waals surface area (Å²) in [5.41, 5.74) is 6.73. The molecule has 0 saturated heterocycles. The summed E-state index contributed by atoms with van der Waals surface area (Å²) in [6, 6.07) is 8.61. The van der Waals surface area contributed by atoms with Crippen molar-refractivity contribution in [2.45, 2.75) is 11.3 Å². The third kappa shape index (κ3) is 3.24. The highest BCUT2D eigenvalue weighted by Crippen LogP contribution is 2.19. The van der Waals surface area contributed by atoms with Gasteiger partial charge in [0.2, 0.25) is 0 Å². The molecule has 0 aliphatic rings. The lowest BCUT2D eigenvalue weighted by Crippen LogP contribution is -2.20. The maximum Gasteiger partial charge on any atom is 0.0364 e. The Labute approximate surface area is 90.5 Å². The molecule has 0 aliphatic heterocycles. The van der Waals surface area contributed by atoms with E-state index in [2.05, 4.69) is 42.5 Å². The summed E-state index contributed by atoms with van der Waals surface area (Å²) < 4.78 is 0. The molecule has 78 valence electrons. The van der Waals surface area contributed by atoms with Crippen LogP contribution >= 0.6 is 11.8 Å². The van der Waals surface area contributed by atoms with Gasteiger partial charge >= 0.3 is 0 Å². The second-order valence-corrected chi connectivity index (χ2v) is 4.14. The van der Waals surface area contributed by atoms with Crippen LogP contribution < -0.4 is 10.6 Å². The number of hydrogen-bond donors (Lipinski definition) is 1. The Morgan fingerprint density at radius 2 is 1.93 bits per heavy atom. The fourth-order valence-electron chi connectivity index (χ4n) is 1.29. The molecule has 0 amide bonds. The van der Waals surface area contributed by atoms with E-state index >= 15 is 0 Å². The topological polar surface area (TPSA) is 29.3 Å². The van der Waals surface area contributed by atoms with Crippen LogP contribution in [0.15, 0.2) is 29.2 Å². The highest BCUT2D eigenvalue weighted by atomic mass is 32.2. The maximum absolute atomic E-state index is 5.47. The molecule has 1 rings (SSSR count). The van der Waals surface area contributed by atoms with Gasteiger partial charge in [-0.25, -0.2) is 0 Å². The molecule has 0 unspecified atom stereocenters. The van der Waals surface area contributed by atoms with Crippen molar-refractivity contribution in [3.05, 3.63) is 24.3 Å². The summed E-state index contributed by atoms with van der Waals surface area (Å²) in [4.78, 5) is 3.54. The number of hydrogen-bond acceptors (Lipinski definition) is 3. The van der Waals surface area contributed by atoms with Gasteiger partial charge in [-0.1, -0.05) is 0 Å². The van der Waals surface area contributed by atoms with E-state index in [0.29, 0.717) is 0 Å². The number of nitrogens with two attached hydrogens (primary N) is 1. The van der Waals surface area contributed by atoms with Crippen LogP contribution in [0.2, 0.25) is 0 Å². The lowest BCUT2D eigenvalue weighted by Gasteiger charge is -2.18. The van der Waals surface area contributed by atoms with Gasteiger partial charge in [0.25, 0.3) is 0 Å². The standard InChI is InChI=1S/C11H18N2S/c1-13(9-3-8-12)10-4-6-11(14-2)7-5-10/h4-7H,3,8-9,12H2,1-2H3. The van der Waals surface area contributed by atoms with Gasteiger partial charge in [0.15, 0.2) is 0 Å². The van der Waals surface area contributed by atoms with Crippen molar-refractivity contribution < 1.29 is 0 Å². The first kappa shape index (κ1) is 11.4. The summed E-state index contributed by atoms with van der Waals surface area (Å²) in [7, 11) is 2.10. The summed E-state index contributed by atoms with van der Waals surface area (Å²) in [5.74, 6) is 0. The average Bonchev–Trinajstić information content (AvgIpc) is 2.26. The molecule has 0 heterocycles. The lowest BCUT2D eigenvalue weighted by atomic mass is 10.3. The molecule has 0 saturated carbocycles. The van der Waals surface area contributed by atoms with Gasteiger partial charge in [0.05, 0.1) is 0 Å². The molecule has 14 heavy (non-hydrogen) atoms. The molecule has 0 radical (unpaired) electrons. The van der Waals surface area contributed by atoms with Gasteiger partial charge in [-0.15, -0.1) is 11.8 Å². The van der Waals surface area contributed by atoms with Gasteiger partial charge in [-0.3, -0.25) is 0 Å². The first-order valence-electron chi connectivity index (χ1n) is 4.83. The van der Waals surface area contributed by atoms with E-state index < -0.39 is 0 Å². The highest BCUT2D eigenvalue weighted by molar-refractivity contribution is 7.98. The number of benzene rings is 1. The fraction of sp³-hybridized carbons (Fsp3) is 0.455. The van der Waals surface area contributed by atoms with E-state index in [4.69, 9.17) is 5.73 Å². The number of nitrogens with zero attached hydrogens (tertiary/aromatic N) is 1. The molecule has 0 bridgehead atoms.